The van der Waals surface area contributed by atoms with E-state index in [2.05, 4.69) is 26.1 Å². The second kappa shape index (κ2) is 7.05. The highest BCUT2D eigenvalue weighted by Gasteiger charge is 2.34. The molecule has 1 aromatic heterocycles. The number of amides is 2. The van der Waals surface area contributed by atoms with Crippen LogP contribution >= 0.6 is 27.7 Å². The van der Waals surface area contributed by atoms with Gasteiger partial charge in [-0.1, -0.05) is 36.0 Å². The molecule has 4 rings (SSSR count). The minimum atomic E-state index is -0.259. The third-order valence-electron chi connectivity index (χ3n) is 3.93. The molecule has 0 unspecified atom stereocenters. The van der Waals surface area contributed by atoms with E-state index in [9.17, 15) is 9.59 Å². The predicted octanol–water partition coefficient (Wildman–Crippen LogP) is 3.89. The van der Waals surface area contributed by atoms with Gasteiger partial charge in [-0.05, 0) is 40.2 Å². The third kappa shape index (κ3) is 3.06. The van der Waals surface area contributed by atoms with Crippen molar-refractivity contribution in [2.45, 2.75) is 5.22 Å². The fourth-order valence-corrected chi connectivity index (χ4v) is 3.82. The maximum atomic E-state index is 12.3. The molecule has 130 valence electrons. The SMILES string of the molecule is O=C1c2ccccc2C(=O)N1CCSc1nnc(-c2ccccc2Br)o1. The van der Waals surface area contributed by atoms with Gasteiger partial charge in [-0.3, -0.25) is 14.5 Å². The number of thioether (sulfide) groups is 1. The van der Waals surface area contributed by atoms with E-state index < -0.39 is 0 Å². The molecule has 6 nitrogen and oxygen atoms in total. The molecule has 0 saturated heterocycles. The summed E-state index contributed by atoms with van der Waals surface area (Å²) in [6.07, 6.45) is 0. The lowest BCUT2D eigenvalue weighted by molar-refractivity contribution is 0.0664. The van der Waals surface area contributed by atoms with Gasteiger partial charge in [0.2, 0.25) is 5.89 Å². The molecular weight excluding hydrogens is 418 g/mol. The molecule has 0 fully saturated rings. The lowest BCUT2D eigenvalue weighted by atomic mass is 10.1. The molecule has 0 saturated carbocycles. The van der Waals surface area contributed by atoms with Crippen LogP contribution in [0.5, 0.6) is 0 Å². The van der Waals surface area contributed by atoms with Crippen LogP contribution in [0.3, 0.4) is 0 Å². The number of carbonyl (C=O) groups is 2. The number of hydrogen-bond donors (Lipinski definition) is 0. The molecule has 3 aromatic rings. The van der Waals surface area contributed by atoms with Gasteiger partial charge in [0, 0.05) is 16.8 Å². The normalized spacial score (nSPS) is 13.3. The number of hydrogen-bond acceptors (Lipinski definition) is 6. The van der Waals surface area contributed by atoms with Crippen LogP contribution in [0.2, 0.25) is 0 Å². The van der Waals surface area contributed by atoms with Crippen LogP contribution in [0.1, 0.15) is 20.7 Å². The number of nitrogens with zero attached hydrogens (tertiary/aromatic N) is 3. The Labute approximate surface area is 161 Å². The molecule has 0 atom stereocenters. The fraction of sp³-hybridized carbons (Fsp3) is 0.111. The highest BCUT2D eigenvalue weighted by molar-refractivity contribution is 9.10. The van der Waals surface area contributed by atoms with E-state index in [0.29, 0.717) is 28.0 Å². The first-order valence-electron chi connectivity index (χ1n) is 7.81. The first-order chi connectivity index (χ1) is 12.6. The summed E-state index contributed by atoms with van der Waals surface area (Å²) in [5.74, 6) is 0.375. The van der Waals surface area contributed by atoms with Crippen molar-refractivity contribution in [2.24, 2.45) is 0 Å². The second-order valence-electron chi connectivity index (χ2n) is 5.51. The number of carbonyl (C=O) groups excluding carboxylic acids is 2. The first-order valence-corrected chi connectivity index (χ1v) is 9.59. The van der Waals surface area contributed by atoms with Gasteiger partial charge >= 0.3 is 0 Å². The maximum Gasteiger partial charge on any atom is 0.276 e. The molecule has 2 heterocycles. The Balaban J connectivity index is 1.40. The van der Waals surface area contributed by atoms with Crippen LogP contribution < -0.4 is 0 Å². The monoisotopic (exact) mass is 429 g/mol. The summed E-state index contributed by atoms with van der Waals surface area (Å²) < 4.78 is 6.52. The highest BCUT2D eigenvalue weighted by atomic mass is 79.9. The van der Waals surface area contributed by atoms with Gasteiger partial charge in [0.05, 0.1) is 16.7 Å². The van der Waals surface area contributed by atoms with Crippen molar-refractivity contribution in [3.05, 3.63) is 64.1 Å². The Morgan fingerprint density at radius 1 is 0.923 bits per heavy atom. The minimum absolute atomic E-state index is 0.259. The largest absolute Gasteiger partial charge is 0.411 e. The summed E-state index contributed by atoms with van der Waals surface area (Å²) in [6, 6.07) is 14.4. The molecule has 26 heavy (non-hydrogen) atoms. The summed E-state index contributed by atoms with van der Waals surface area (Å²) >= 11 is 4.76. The standard InChI is InChI=1S/C18H12BrN3O3S/c19-14-8-4-3-7-13(14)15-20-21-18(25-15)26-10-9-22-16(23)11-5-1-2-6-12(11)17(22)24/h1-8H,9-10H2. The van der Waals surface area contributed by atoms with Crippen molar-refractivity contribution in [1.82, 2.24) is 15.1 Å². The molecule has 2 amide bonds. The molecule has 0 bridgehead atoms. The average molecular weight is 430 g/mol. The molecule has 0 N–H and O–H groups in total. The second-order valence-corrected chi connectivity index (χ2v) is 7.41. The van der Waals surface area contributed by atoms with Crippen molar-refractivity contribution in [1.29, 1.82) is 0 Å². The average Bonchev–Trinajstić information content (AvgIpc) is 3.21. The Bertz CT molecular complexity index is 970. The van der Waals surface area contributed by atoms with Gasteiger partial charge in [0.15, 0.2) is 0 Å². The Hall–Kier alpha value is -2.45. The molecule has 0 spiro atoms. The first kappa shape index (κ1) is 17.0. The zero-order chi connectivity index (χ0) is 18.1. The van der Waals surface area contributed by atoms with Crippen molar-refractivity contribution < 1.29 is 14.0 Å². The van der Waals surface area contributed by atoms with Crippen LogP contribution in [0, 0.1) is 0 Å². The summed E-state index contributed by atoms with van der Waals surface area (Å²) in [6.45, 7) is 0.282. The smallest absolute Gasteiger partial charge is 0.276 e. The number of rotatable bonds is 5. The van der Waals surface area contributed by atoms with Crippen molar-refractivity contribution in [3.8, 4) is 11.5 Å². The Morgan fingerprint density at radius 2 is 1.54 bits per heavy atom. The lowest BCUT2D eigenvalue weighted by Gasteiger charge is -2.12. The summed E-state index contributed by atoms with van der Waals surface area (Å²) in [5, 5.41) is 8.45. The predicted molar refractivity (Wildman–Crippen MR) is 100.0 cm³/mol. The van der Waals surface area contributed by atoms with Gasteiger partial charge < -0.3 is 4.42 Å². The van der Waals surface area contributed by atoms with Gasteiger partial charge in [-0.15, -0.1) is 10.2 Å². The van der Waals surface area contributed by atoms with E-state index in [1.807, 2.05) is 24.3 Å². The van der Waals surface area contributed by atoms with Gasteiger partial charge in [0.25, 0.3) is 17.0 Å². The zero-order valence-electron chi connectivity index (χ0n) is 13.4. The van der Waals surface area contributed by atoms with Crippen LogP contribution in [0.15, 0.2) is 62.6 Å². The number of halogens is 1. The Morgan fingerprint density at radius 3 is 2.19 bits per heavy atom. The number of fused-ring (bicyclic) bond motifs is 1. The molecular formula is C18H12BrN3O3S. The molecule has 1 aliphatic rings. The Kier molecular flexibility index (Phi) is 4.60. The van der Waals surface area contributed by atoms with E-state index in [4.69, 9.17) is 4.42 Å². The number of benzene rings is 2. The molecule has 0 aliphatic carbocycles. The highest BCUT2D eigenvalue weighted by Crippen LogP contribution is 2.29. The van der Waals surface area contributed by atoms with E-state index in [0.717, 1.165) is 10.0 Å². The molecule has 1 aliphatic heterocycles. The quantitative estimate of drug-likeness (QED) is 0.452. The lowest BCUT2D eigenvalue weighted by Crippen LogP contribution is -2.31. The molecule has 8 heteroatoms. The van der Waals surface area contributed by atoms with Crippen LogP contribution in [-0.2, 0) is 0 Å². The van der Waals surface area contributed by atoms with Crippen molar-refractivity contribution >= 4 is 39.5 Å². The third-order valence-corrected chi connectivity index (χ3v) is 5.42. The van der Waals surface area contributed by atoms with Gasteiger partial charge in [-0.25, -0.2) is 0 Å². The number of aromatic nitrogens is 2. The summed E-state index contributed by atoms with van der Waals surface area (Å²) in [7, 11) is 0. The topological polar surface area (TPSA) is 76.3 Å². The maximum absolute atomic E-state index is 12.3. The van der Waals surface area contributed by atoms with Crippen molar-refractivity contribution in [3.63, 3.8) is 0 Å². The van der Waals surface area contributed by atoms with E-state index >= 15 is 0 Å². The van der Waals surface area contributed by atoms with Gasteiger partial charge in [0.1, 0.15) is 0 Å². The minimum Gasteiger partial charge on any atom is -0.411 e. The zero-order valence-corrected chi connectivity index (χ0v) is 15.8. The molecule has 2 aromatic carbocycles. The van der Waals surface area contributed by atoms with Crippen LogP contribution in [-0.4, -0.2) is 39.2 Å². The number of imide groups is 1. The van der Waals surface area contributed by atoms with Crippen LogP contribution in [0.4, 0.5) is 0 Å². The summed E-state index contributed by atoms with van der Waals surface area (Å²) in [4.78, 5) is 25.9. The van der Waals surface area contributed by atoms with E-state index in [1.54, 1.807) is 24.3 Å². The fourth-order valence-electron chi connectivity index (χ4n) is 2.68. The van der Waals surface area contributed by atoms with Crippen molar-refractivity contribution in [2.75, 3.05) is 12.3 Å². The summed E-state index contributed by atoms with van der Waals surface area (Å²) in [5.41, 5.74) is 1.72. The molecule has 0 radical (unpaired) electrons. The van der Waals surface area contributed by atoms with E-state index in [1.165, 1.54) is 16.7 Å². The van der Waals surface area contributed by atoms with Crippen LogP contribution in [0.25, 0.3) is 11.5 Å². The van der Waals surface area contributed by atoms with Gasteiger partial charge in [-0.2, -0.15) is 0 Å². The van der Waals surface area contributed by atoms with E-state index in [-0.39, 0.29) is 18.4 Å².